The second kappa shape index (κ2) is 5.26. The van der Waals surface area contributed by atoms with Crippen molar-refractivity contribution in [3.63, 3.8) is 0 Å². The molecule has 1 aromatic rings. The van der Waals surface area contributed by atoms with Crippen molar-refractivity contribution in [2.45, 2.75) is 13.8 Å². The number of halogens is 2. The van der Waals surface area contributed by atoms with Crippen molar-refractivity contribution in [1.29, 1.82) is 0 Å². The molecular formula is C14H17Cl2N3O. The standard InChI is InChI=1S/C14H17Cl2N3O/c1-14(2)12(17-19(4)13(14)20)8-18(3)11-6-9(15)5-10(16)7-11/h5-7H,8H2,1-4H3. The Hall–Kier alpha value is -1.26. The molecule has 1 heterocycles. The molecule has 0 radical (unpaired) electrons. The molecule has 0 bridgehead atoms. The smallest absolute Gasteiger partial charge is 0.253 e. The Morgan fingerprint density at radius 2 is 1.80 bits per heavy atom. The van der Waals surface area contributed by atoms with Gasteiger partial charge in [0.15, 0.2) is 0 Å². The summed E-state index contributed by atoms with van der Waals surface area (Å²) in [6.07, 6.45) is 0. The molecule has 1 aromatic carbocycles. The monoisotopic (exact) mass is 313 g/mol. The molecule has 2 rings (SSSR count). The normalized spacial score (nSPS) is 17.4. The maximum Gasteiger partial charge on any atom is 0.253 e. The number of hydrogen-bond acceptors (Lipinski definition) is 3. The maximum atomic E-state index is 12.0. The molecule has 0 fully saturated rings. The summed E-state index contributed by atoms with van der Waals surface area (Å²) in [5.41, 5.74) is 1.14. The zero-order valence-corrected chi connectivity index (χ0v) is 13.5. The molecule has 0 spiro atoms. The second-order valence-electron chi connectivity index (χ2n) is 5.48. The van der Waals surface area contributed by atoms with E-state index >= 15 is 0 Å². The average Bonchev–Trinajstić information content (AvgIpc) is 2.52. The van der Waals surface area contributed by atoms with Crippen molar-refractivity contribution >= 4 is 40.5 Å². The summed E-state index contributed by atoms with van der Waals surface area (Å²) < 4.78 is 0. The second-order valence-corrected chi connectivity index (χ2v) is 6.36. The number of carbonyl (C=O) groups excluding carboxylic acids is 1. The molecule has 0 aliphatic carbocycles. The van der Waals surface area contributed by atoms with Crippen LogP contribution in [-0.2, 0) is 4.79 Å². The molecule has 0 saturated carbocycles. The van der Waals surface area contributed by atoms with E-state index < -0.39 is 5.41 Å². The zero-order chi connectivity index (χ0) is 15.1. The first-order chi connectivity index (χ1) is 9.21. The molecular weight excluding hydrogens is 297 g/mol. The largest absolute Gasteiger partial charge is 0.369 e. The Labute approximate surface area is 128 Å². The third-order valence-corrected chi connectivity index (χ3v) is 3.93. The summed E-state index contributed by atoms with van der Waals surface area (Å²) in [6, 6.07) is 5.36. The van der Waals surface area contributed by atoms with Crippen LogP contribution in [0.1, 0.15) is 13.8 Å². The number of amides is 1. The van der Waals surface area contributed by atoms with Gasteiger partial charge in [-0.2, -0.15) is 5.10 Å². The first kappa shape index (κ1) is 15.1. The summed E-state index contributed by atoms with van der Waals surface area (Å²) in [5.74, 6) is 0.00465. The Morgan fingerprint density at radius 1 is 1.25 bits per heavy atom. The zero-order valence-electron chi connectivity index (χ0n) is 11.9. The molecule has 6 heteroatoms. The lowest BCUT2D eigenvalue weighted by molar-refractivity contribution is -0.133. The lowest BCUT2D eigenvalue weighted by Crippen LogP contribution is -2.38. The Balaban J connectivity index is 2.22. The third-order valence-electron chi connectivity index (χ3n) is 3.50. The predicted molar refractivity (Wildman–Crippen MR) is 83.7 cm³/mol. The van der Waals surface area contributed by atoms with Gasteiger partial charge in [0.05, 0.1) is 17.7 Å². The average molecular weight is 314 g/mol. The van der Waals surface area contributed by atoms with Gasteiger partial charge in [-0.15, -0.1) is 0 Å². The topological polar surface area (TPSA) is 35.9 Å². The van der Waals surface area contributed by atoms with E-state index in [9.17, 15) is 4.79 Å². The number of nitrogens with zero attached hydrogens (tertiary/aromatic N) is 3. The van der Waals surface area contributed by atoms with Crippen LogP contribution in [-0.4, -0.2) is 37.3 Å². The molecule has 0 saturated heterocycles. The van der Waals surface area contributed by atoms with Gasteiger partial charge in [-0.3, -0.25) is 4.79 Å². The minimum Gasteiger partial charge on any atom is -0.369 e. The molecule has 0 N–H and O–H groups in total. The third kappa shape index (κ3) is 2.76. The van der Waals surface area contributed by atoms with Gasteiger partial charge in [-0.05, 0) is 32.0 Å². The first-order valence-corrected chi connectivity index (χ1v) is 7.01. The fourth-order valence-electron chi connectivity index (χ4n) is 2.18. The van der Waals surface area contributed by atoms with Gasteiger partial charge >= 0.3 is 0 Å². The molecule has 108 valence electrons. The van der Waals surface area contributed by atoms with Gasteiger partial charge in [0, 0.05) is 29.8 Å². The first-order valence-electron chi connectivity index (χ1n) is 6.25. The summed E-state index contributed by atoms with van der Waals surface area (Å²) in [7, 11) is 3.59. The highest BCUT2D eigenvalue weighted by molar-refractivity contribution is 6.35. The van der Waals surface area contributed by atoms with Crippen LogP contribution >= 0.6 is 23.2 Å². The van der Waals surface area contributed by atoms with E-state index in [1.165, 1.54) is 5.01 Å². The predicted octanol–water partition coefficient (Wildman–Crippen LogP) is 3.28. The van der Waals surface area contributed by atoms with Crippen LogP contribution < -0.4 is 4.90 Å². The molecule has 1 aliphatic rings. The van der Waals surface area contributed by atoms with Gasteiger partial charge in [-0.25, -0.2) is 5.01 Å². The van der Waals surface area contributed by atoms with Gasteiger partial charge in [0.25, 0.3) is 5.91 Å². The van der Waals surface area contributed by atoms with Crippen molar-refractivity contribution < 1.29 is 4.79 Å². The Bertz CT molecular complexity index is 564. The van der Waals surface area contributed by atoms with Crippen LogP contribution in [0.25, 0.3) is 0 Å². The van der Waals surface area contributed by atoms with Crippen LogP contribution in [0.3, 0.4) is 0 Å². The molecule has 0 aromatic heterocycles. The highest BCUT2D eigenvalue weighted by atomic mass is 35.5. The highest BCUT2D eigenvalue weighted by Gasteiger charge is 2.41. The van der Waals surface area contributed by atoms with E-state index in [1.807, 2.05) is 37.9 Å². The highest BCUT2D eigenvalue weighted by Crippen LogP contribution is 2.30. The van der Waals surface area contributed by atoms with E-state index in [2.05, 4.69) is 5.10 Å². The fourth-order valence-corrected chi connectivity index (χ4v) is 2.70. The lowest BCUT2D eigenvalue weighted by atomic mass is 9.87. The van der Waals surface area contributed by atoms with Gasteiger partial charge < -0.3 is 4.90 Å². The lowest BCUT2D eigenvalue weighted by Gasteiger charge is -2.24. The summed E-state index contributed by atoms with van der Waals surface area (Å²) in [5, 5.41) is 6.89. The number of hydrogen-bond donors (Lipinski definition) is 0. The maximum absolute atomic E-state index is 12.0. The molecule has 4 nitrogen and oxygen atoms in total. The quantitative estimate of drug-likeness (QED) is 0.858. The van der Waals surface area contributed by atoms with Gasteiger partial charge in [-0.1, -0.05) is 23.2 Å². The number of carbonyl (C=O) groups is 1. The van der Waals surface area contributed by atoms with E-state index in [0.717, 1.165) is 11.4 Å². The van der Waals surface area contributed by atoms with Crippen molar-refractivity contribution in [2.24, 2.45) is 10.5 Å². The van der Waals surface area contributed by atoms with Crippen LogP contribution in [0.2, 0.25) is 10.0 Å². The molecule has 1 amide bonds. The van der Waals surface area contributed by atoms with E-state index in [1.54, 1.807) is 13.1 Å². The summed E-state index contributed by atoms with van der Waals surface area (Å²) >= 11 is 12.0. The van der Waals surface area contributed by atoms with E-state index in [-0.39, 0.29) is 5.91 Å². The van der Waals surface area contributed by atoms with E-state index in [4.69, 9.17) is 23.2 Å². The van der Waals surface area contributed by atoms with Crippen molar-refractivity contribution in [3.8, 4) is 0 Å². The van der Waals surface area contributed by atoms with Crippen LogP contribution in [0.15, 0.2) is 23.3 Å². The van der Waals surface area contributed by atoms with Gasteiger partial charge in [0.2, 0.25) is 0 Å². The minimum atomic E-state index is -0.578. The SMILES string of the molecule is CN1N=C(CN(C)c2cc(Cl)cc(Cl)c2)C(C)(C)C1=O. The van der Waals surface area contributed by atoms with Crippen molar-refractivity contribution in [3.05, 3.63) is 28.2 Å². The molecule has 1 aliphatic heterocycles. The Morgan fingerprint density at radius 3 is 2.25 bits per heavy atom. The van der Waals surface area contributed by atoms with Gasteiger partial charge in [0.1, 0.15) is 0 Å². The van der Waals surface area contributed by atoms with Crippen LogP contribution in [0.5, 0.6) is 0 Å². The van der Waals surface area contributed by atoms with Crippen molar-refractivity contribution in [2.75, 3.05) is 25.5 Å². The van der Waals surface area contributed by atoms with E-state index in [0.29, 0.717) is 16.6 Å². The van der Waals surface area contributed by atoms with Crippen LogP contribution in [0, 0.1) is 5.41 Å². The Kier molecular flexibility index (Phi) is 3.98. The number of anilines is 1. The molecule has 0 atom stereocenters. The molecule has 20 heavy (non-hydrogen) atoms. The molecule has 0 unspecified atom stereocenters. The number of benzene rings is 1. The minimum absolute atomic E-state index is 0.00465. The van der Waals surface area contributed by atoms with Crippen molar-refractivity contribution in [1.82, 2.24) is 5.01 Å². The number of rotatable bonds is 3. The van der Waals surface area contributed by atoms with Crippen LogP contribution in [0.4, 0.5) is 5.69 Å². The summed E-state index contributed by atoms with van der Waals surface area (Å²) in [6.45, 7) is 4.31. The summed E-state index contributed by atoms with van der Waals surface area (Å²) in [4.78, 5) is 14.0. The fraction of sp³-hybridized carbons (Fsp3) is 0.429. The number of hydrazone groups is 1.